The molecule has 1 fully saturated rings. The normalized spacial score (nSPS) is 19.9. The third kappa shape index (κ3) is 3.16. The van der Waals surface area contributed by atoms with Gasteiger partial charge in [-0.15, -0.1) is 5.92 Å². The van der Waals surface area contributed by atoms with E-state index in [2.05, 4.69) is 17.2 Å². The van der Waals surface area contributed by atoms with E-state index in [1.165, 1.54) is 0 Å². The van der Waals surface area contributed by atoms with E-state index in [9.17, 15) is 9.59 Å². The quantitative estimate of drug-likeness (QED) is 0.632. The number of ether oxygens (including phenoxy) is 1. The van der Waals surface area contributed by atoms with Crippen molar-refractivity contribution in [3.05, 3.63) is 0 Å². The third-order valence-electron chi connectivity index (χ3n) is 1.84. The molecule has 0 spiro atoms. The second-order valence-electron chi connectivity index (χ2n) is 4.49. The van der Waals surface area contributed by atoms with Gasteiger partial charge in [0.15, 0.2) is 0 Å². The summed E-state index contributed by atoms with van der Waals surface area (Å²) in [6.45, 7) is 7.17. The molecule has 88 valence electrons. The molecule has 3 amide bonds. The van der Waals surface area contributed by atoms with Gasteiger partial charge >= 0.3 is 12.1 Å². The summed E-state index contributed by atoms with van der Waals surface area (Å²) in [6.07, 6.45) is -0.634. The maximum atomic E-state index is 11.6. The highest BCUT2D eigenvalue weighted by atomic mass is 16.6. The van der Waals surface area contributed by atoms with E-state index in [4.69, 9.17) is 4.74 Å². The molecule has 1 atom stereocenters. The summed E-state index contributed by atoms with van der Waals surface area (Å²) in [7, 11) is 0. The smallest absolute Gasteiger partial charge is 0.418 e. The number of hydrogen-bond donors (Lipinski definition) is 1. The Balaban J connectivity index is 2.64. The van der Waals surface area contributed by atoms with Gasteiger partial charge in [-0.1, -0.05) is 5.92 Å². The molecule has 0 aliphatic carbocycles. The standard InChI is InChI=1S/C11H16N2O3/c1-5-6-8-7-13(9(14)12-8)10(15)16-11(2,3)4/h8H,7H2,1-4H3,(H,12,14)/t8-/m1/s1. The van der Waals surface area contributed by atoms with Gasteiger partial charge in [0.25, 0.3) is 0 Å². The molecule has 0 aromatic carbocycles. The fourth-order valence-corrected chi connectivity index (χ4v) is 1.27. The predicted octanol–water partition coefficient (Wildman–Crippen LogP) is 1.34. The first-order chi connectivity index (χ1) is 7.33. The van der Waals surface area contributed by atoms with Gasteiger partial charge in [-0.05, 0) is 27.7 Å². The van der Waals surface area contributed by atoms with Crippen LogP contribution >= 0.6 is 0 Å². The molecule has 16 heavy (non-hydrogen) atoms. The first kappa shape index (κ1) is 12.4. The van der Waals surface area contributed by atoms with Crippen LogP contribution in [-0.4, -0.2) is 35.2 Å². The number of amides is 3. The molecule has 0 unspecified atom stereocenters. The number of carbonyl (C=O) groups is 2. The van der Waals surface area contributed by atoms with Gasteiger partial charge < -0.3 is 10.1 Å². The van der Waals surface area contributed by atoms with Crippen molar-refractivity contribution in [2.24, 2.45) is 0 Å². The molecule has 0 saturated carbocycles. The molecule has 1 N–H and O–H groups in total. The van der Waals surface area contributed by atoms with E-state index in [1.54, 1.807) is 27.7 Å². The van der Waals surface area contributed by atoms with Crippen molar-refractivity contribution in [3.8, 4) is 11.8 Å². The van der Waals surface area contributed by atoms with Gasteiger partial charge in [-0.25, -0.2) is 14.5 Å². The number of rotatable bonds is 0. The summed E-state index contributed by atoms with van der Waals surface area (Å²) < 4.78 is 5.10. The van der Waals surface area contributed by atoms with Crippen LogP contribution in [0.25, 0.3) is 0 Å². The molecule has 0 aromatic rings. The molecule has 0 radical (unpaired) electrons. The van der Waals surface area contributed by atoms with E-state index < -0.39 is 17.7 Å². The molecule has 0 bridgehead atoms. The highest BCUT2D eigenvalue weighted by Gasteiger charge is 2.35. The fraction of sp³-hybridized carbons (Fsp3) is 0.636. The van der Waals surface area contributed by atoms with Crippen molar-refractivity contribution < 1.29 is 14.3 Å². The van der Waals surface area contributed by atoms with Crippen LogP contribution in [0, 0.1) is 11.8 Å². The van der Waals surface area contributed by atoms with Crippen LogP contribution < -0.4 is 5.32 Å². The minimum atomic E-state index is -0.634. The van der Waals surface area contributed by atoms with Gasteiger partial charge in [-0.3, -0.25) is 0 Å². The molecule has 5 heteroatoms. The average molecular weight is 224 g/mol. The van der Waals surface area contributed by atoms with Crippen molar-refractivity contribution in [1.82, 2.24) is 10.2 Å². The zero-order chi connectivity index (χ0) is 12.3. The fourth-order valence-electron chi connectivity index (χ4n) is 1.27. The summed E-state index contributed by atoms with van der Waals surface area (Å²) in [5.41, 5.74) is -0.605. The molecule has 0 aromatic heterocycles. The summed E-state index contributed by atoms with van der Waals surface area (Å²) in [4.78, 5) is 24.1. The number of carbonyl (C=O) groups excluding carboxylic acids is 2. The predicted molar refractivity (Wildman–Crippen MR) is 58.7 cm³/mol. The van der Waals surface area contributed by atoms with Gasteiger partial charge in [0.1, 0.15) is 11.6 Å². The molecule has 5 nitrogen and oxygen atoms in total. The Bertz CT molecular complexity index is 360. The molecule has 1 rings (SSSR count). The van der Waals surface area contributed by atoms with Crippen LogP contribution in [0.15, 0.2) is 0 Å². The summed E-state index contributed by atoms with van der Waals surface area (Å²) >= 11 is 0. The summed E-state index contributed by atoms with van der Waals surface area (Å²) in [6, 6.07) is -0.757. The van der Waals surface area contributed by atoms with Gasteiger partial charge in [-0.2, -0.15) is 0 Å². The Kier molecular flexibility index (Phi) is 3.43. The van der Waals surface area contributed by atoms with Crippen LogP contribution in [-0.2, 0) is 4.74 Å². The molecule has 1 aliphatic rings. The molecular weight excluding hydrogens is 208 g/mol. The highest BCUT2D eigenvalue weighted by Crippen LogP contribution is 2.12. The average Bonchev–Trinajstić information content (AvgIpc) is 2.44. The Labute approximate surface area is 95.1 Å². The van der Waals surface area contributed by atoms with Crippen LogP contribution in [0.1, 0.15) is 27.7 Å². The van der Waals surface area contributed by atoms with Crippen molar-refractivity contribution in [2.45, 2.75) is 39.3 Å². The maximum Gasteiger partial charge on any atom is 0.418 e. The van der Waals surface area contributed by atoms with E-state index >= 15 is 0 Å². The minimum absolute atomic E-state index is 0.231. The minimum Gasteiger partial charge on any atom is -0.443 e. The first-order valence-corrected chi connectivity index (χ1v) is 5.07. The van der Waals surface area contributed by atoms with Gasteiger partial charge in [0.05, 0.1) is 6.54 Å². The topological polar surface area (TPSA) is 58.6 Å². The van der Waals surface area contributed by atoms with E-state index in [0.717, 1.165) is 4.90 Å². The lowest BCUT2D eigenvalue weighted by Crippen LogP contribution is -2.38. The second kappa shape index (κ2) is 4.44. The van der Waals surface area contributed by atoms with Crippen molar-refractivity contribution in [1.29, 1.82) is 0 Å². The molecule has 1 aliphatic heterocycles. The van der Waals surface area contributed by atoms with Gasteiger partial charge in [0.2, 0.25) is 0 Å². The highest BCUT2D eigenvalue weighted by molar-refractivity contribution is 5.93. The third-order valence-corrected chi connectivity index (χ3v) is 1.84. The number of nitrogens with one attached hydrogen (secondary N) is 1. The van der Waals surface area contributed by atoms with E-state index in [-0.39, 0.29) is 12.6 Å². The maximum absolute atomic E-state index is 11.6. The lowest BCUT2D eigenvalue weighted by Gasteiger charge is -2.22. The zero-order valence-corrected chi connectivity index (χ0v) is 9.96. The zero-order valence-electron chi connectivity index (χ0n) is 9.96. The number of hydrogen-bond acceptors (Lipinski definition) is 3. The Morgan fingerprint density at radius 2 is 2.19 bits per heavy atom. The number of urea groups is 1. The van der Waals surface area contributed by atoms with Gasteiger partial charge in [0, 0.05) is 0 Å². The Morgan fingerprint density at radius 1 is 1.56 bits per heavy atom. The number of imide groups is 1. The monoisotopic (exact) mass is 224 g/mol. The van der Waals surface area contributed by atoms with Crippen LogP contribution in [0.4, 0.5) is 9.59 Å². The second-order valence-corrected chi connectivity index (χ2v) is 4.49. The largest absolute Gasteiger partial charge is 0.443 e. The molecular formula is C11H16N2O3. The van der Waals surface area contributed by atoms with Crippen LogP contribution in [0.5, 0.6) is 0 Å². The Hall–Kier alpha value is -1.70. The van der Waals surface area contributed by atoms with Crippen molar-refractivity contribution >= 4 is 12.1 Å². The summed E-state index contributed by atoms with van der Waals surface area (Å²) in [5, 5.41) is 2.58. The lowest BCUT2D eigenvalue weighted by molar-refractivity contribution is 0.0351. The van der Waals surface area contributed by atoms with Crippen molar-refractivity contribution in [3.63, 3.8) is 0 Å². The number of nitrogens with zero attached hydrogens (tertiary/aromatic N) is 1. The Morgan fingerprint density at radius 3 is 2.69 bits per heavy atom. The summed E-state index contributed by atoms with van der Waals surface area (Å²) in [5.74, 6) is 5.49. The molecule has 1 saturated heterocycles. The van der Waals surface area contributed by atoms with Crippen LogP contribution in [0.2, 0.25) is 0 Å². The first-order valence-electron chi connectivity index (χ1n) is 5.07. The molecule has 1 heterocycles. The SMILES string of the molecule is CC#C[C@@H]1CN(C(=O)OC(C)(C)C)C(=O)N1. The van der Waals surface area contributed by atoms with Crippen molar-refractivity contribution in [2.75, 3.05) is 6.54 Å². The lowest BCUT2D eigenvalue weighted by atomic mass is 10.2. The van der Waals surface area contributed by atoms with E-state index in [1.807, 2.05) is 0 Å². The van der Waals surface area contributed by atoms with Crippen LogP contribution in [0.3, 0.4) is 0 Å². The van der Waals surface area contributed by atoms with E-state index in [0.29, 0.717) is 0 Å².